The Balaban J connectivity index is 1.78. The smallest absolute Gasteiger partial charge is 0.317 e. The van der Waals surface area contributed by atoms with Gasteiger partial charge in [0.05, 0.1) is 11.9 Å². The molecule has 0 atom stereocenters. The molecule has 10 heteroatoms. The fourth-order valence-corrected chi connectivity index (χ4v) is 4.13. The Labute approximate surface area is 195 Å². The molecule has 3 aromatic rings. The molecule has 1 aliphatic heterocycles. The molecule has 1 aromatic carbocycles. The summed E-state index contributed by atoms with van der Waals surface area (Å²) in [7, 11) is 0. The largest absolute Gasteiger partial charge is 0.321 e. The van der Waals surface area contributed by atoms with E-state index in [1.807, 2.05) is 26.8 Å². The van der Waals surface area contributed by atoms with Crippen molar-refractivity contribution < 1.29 is 22.8 Å². The zero-order valence-electron chi connectivity index (χ0n) is 19.6. The lowest BCUT2D eigenvalue weighted by Gasteiger charge is -2.45. The second-order valence-electron chi connectivity index (χ2n) is 9.89. The Morgan fingerprint density at radius 3 is 2.35 bits per heavy atom. The molecule has 1 aliphatic rings. The highest BCUT2D eigenvalue weighted by atomic mass is 19.3. The first-order valence-corrected chi connectivity index (χ1v) is 10.9. The Kier molecular flexibility index (Phi) is 5.65. The summed E-state index contributed by atoms with van der Waals surface area (Å²) in [6.45, 7) is 5.65. The number of halogens is 3. The number of carbonyl (C=O) groups excluding carboxylic acids is 2. The maximum Gasteiger partial charge on any atom is 0.317 e. The molecule has 0 bridgehead atoms. The SMILES string of the molecule is CC(C)(C)c1cc(-c2ccc(F)cc2)nn2cc(C(=O)N3CCN(C(F)F)C(=O)C3(C)C)nc12. The molecule has 4 rings (SSSR count). The lowest BCUT2D eigenvalue weighted by atomic mass is 9.87. The van der Waals surface area contributed by atoms with Crippen molar-refractivity contribution in [2.24, 2.45) is 0 Å². The minimum Gasteiger partial charge on any atom is -0.321 e. The number of fused-ring (bicyclic) bond motifs is 1. The standard InChI is InChI=1S/C24H26F3N5O2/c1-23(2,3)16-12-17(14-6-8-15(25)9-7-14)29-32-13-18(28-19(16)32)20(33)31-11-10-30(22(26)27)21(34)24(31,4)5/h6-9,12-13,22H,10-11H2,1-5H3. The zero-order valence-corrected chi connectivity index (χ0v) is 19.6. The minimum atomic E-state index is -2.93. The third kappa shape index (κ3) is 4.01. The van der Waals surface area contributed by atoms with Crippen molar-refractivity contribution in [3.8, 4) is 11.3 Å². The third-order valence-electron chi connectivity index (χ3n) is 6.10. The van der Waals surface area contributed by atoms with Crippen LogP contribution in [0.4, 0.5) is 13.2 Å². The molecule has 0 unspecified atom stereocenters. The van der Waals surface area contributed by atoms with E-state index in [9.17, 15) is 22.8 Å². The Bertz CT molecular complexity index is 1260. The van der Waals surface area contributed by atoms with Gasteiger partial charge in [-0.3, -0.25) is 14.5 Å². The number of amides is 2. The number of aromatic nitrogens is 3. The topological polar surface area (TPSA) is 70.8 Å². The van der Waals surface area contributed by atoms with Crippen LogP contribution < -0.4 is 0 Å². The molecule has 180 valence electrons. The van der Waals surface area contributed by atoms with Gasteiger partial charge in [0.15, 0.2) is 5.65 Å². The first-order chi connectivity index (χ1) is 15.8. The van der Waals surface area contributed by atoms with Crippen molar-refractivity contribution in [1.29, 1.82) is 0 Å². The van der Waals surface area contributed by atoms with E-state index in [-0.39, 0.29) is 30.0 Å². The molecular weight excluding hydrogens is 447 g/mol. The molecule has 0 saturated carbocycles. The number of carbonyl (C=O) groups is 2. The molecule has 2 aromatic heterocycles. The maximum absolute atomic E-state index is 13.4. The molecule has 0 aliphatic carbocycles. The molecule has 1 fully saturated rings. The number of rotatable bonds is 3. The lowest BCUT2D eigenvalue weighted by Crippen LogP contribution is -2.65. The van der Waals surface area contributed by atoms with Gasteiger partial charge >= 0.3 is 6.55 Å². The van der Waals surface area contributed by atoms with Gasteiger partial charge in [0.1, 0.15) is 17.1 Å². The summed E-state index contributed by atoms with van der Waals surface area (Å²) in [5.41, 5.74) is 0.806. The van der Waals surface area contributed by atoms with E-state index >= 15 is 0 Å². The van der Waals surface area contributed by atoms with Gasteiger partial charge in [-0.2, -0.15) is 13.9 Å². The van der Waals surface area contributed by atoms with Crippen molar-refractivity contribution in [3.63, 3.8) is 0 Å². The van der Waals surface area contributed by atoms with E-state index in [0.717, 1.165) is 5.56 Å². The number of piperazine rings is 1. The van der Waals surface area contributed by atoms with Gasteiger partial charge in [-0.25, -0.2) is 13.9 Å². The molecule has 34 heavy (non-hydrogen) atoms. The molecule has 3 heterocycles. The van der Waals surface area contributed by atoms with Gasteiger partial charge in [0, 0.05) is 24.2 Å². The van der Waals surface area contributed by atoms with Gasteiger partial charge in [0.2, 0.25) is 0 Å². The first-order valence-electron chi connectivity index (χ1n) is 10.9. The van der Waals surface area contributed by atoms with Crippen LogP contribution in [0.1, 0.15) is 50.7 Å². The summed E-state index contributed by atoms with van der Waals surface area (Å²) in [5.74, 6) is -1.72. The van der Waals surface area contributed by atoms with E-state index in [0.29, 0.717) is 21.8 Å². The predicted molar refractivity (Wildman–Crippen MR) is 120 cm³/mol. The summed E-state index contributed by atoms with van der Waals surface area (Å²) in [4.78, 5) is 32.3. The third-order valence-corrected chi connectivity index (χ3v) is 6.10. The fourth-order valence-electron chi connectivity index (χ4n) is 4.13. The van der Waals surface area contributed by atoms with E-state index in [1.54, 1.807) is 12.1 Å². The normalized spacial score (nSPS) is 16.6. The second-order valence-corrected chi connectivity index (χ2v) is 9.89. The van der Waals surface area contributed by atoms with Gasteiger partial charge < -0.3 is 4.90 Å². The minimum absolute atomic E-state index is 0.0455. The average molecular weight is 473 g/mol. The second kappa shape index (κ2) is 8.11. The number of benzene rings is 1. The molecule has 0 spiro atoms. The van der Waals surface area contributed by atoms with Gasteiger partial charge in [-0.1, -0.05) is 20.8 Å². The fraction of sp³-hybridized carbons (Fsp3) is 0.417. The van der Waals surface area contributed by atoms with Crippen molar-refractivity contribution in [1.82, 2.24) is 24.4 Å². The van der Waals surface area contributed by atoms with Gasteiger partial charge in [-0.05, 0) is 49.6 Å². The van der Waals surface area contributed by atoms with E-state index in [2.05, 4.69) is 10.1 Å². The van der Waals surface area contributed by atoms with E-state index in [1.165, 1.54) is 41.6 Å². The maximum atomic E-state index is 13.4. The monoisotopic (exact) mass is 473 g/mol. The Morgan fingerprint density at radius 1 is 1.12 bits per heavy atom. The van der Waals surface area contributed by atoms with Gasteiger partial charge in [-0.15, -0.1) is 0 Å². The highest BCUT2D eigenvalue weighted by Crippen LogP contribution is 2.31. The van der Waals surface area contributed by atoms with Crippen LogP contribution in [0, 0.1) is 5.82 Å². The van der Waals surface area contributed by atoms with Crippen LogP contribution in [-0.4, -0.2) is 61.4 Å². The highest BCUT2D eigenvalue weighted by Gasteiger charge is 2.47. The molecule has 1 saturated heterocycles. The number of imidazole rings is 1. The first kappa shape index (κ1) is 23.7. The van der Waals surface area contributed by atoms with Crippen LogP contribution in [0.25, 0.3) is 16.9 Å². The summed E-state index contributed by atoms with van der Waals surface area (Å²) < 4.78 is 41.3. The van der Waals surface area contributed by atoms with Crippen molar-refractivity contribution in [2.45, 2.75) is 52.1 Å². The van der Waals surface area contributed by atoms with E-state index < -0.39 is 23.9 Å². The van der Waals surface area contributed by atoms with Gasteiger partial charge in [0.25, 0.3) is 11.8 Å². The number of nitrogens with zero attached hydrogens (tertiary/aromatic N) is 5. The van der Waals surface area contributed by atoms with E-state index in [4.69, 9.17) is 0 Å². The van der Waals surface area contributed by atoms with Crippen molar-refractivity contribution >= 4 is 17.5 Å². The van der Waals surface area contributed by atoms with Crippen molar-refractivity contribution in [3.05, 3.63) is 53.6 Å². The number of hydrogen-bond acceptors (Lipinski definition) is 4. The summed E-state index contributed by atoms with van der Waals surface area (Å²) in [6.07, 6.45) is 1.47. The quantitative estimate of drug-likeness (QED) is 0.537. The Hall–Kier alpha value is -3.43. The Morgan fingerprint density at radius 2 is 1.76 bits per heavy atom. The van der Waals surface area contributed by atoms with Crippen LogP contribution in [0.3, 0.4) is 0 Å². The zero-order chi connectivity index (χ0) is 25.0. The summed E-state index contributed by atoms with van der Waals surface area (Å²) >= 11 is 0. The van der Waals surface area contributed by atoms with Crippen LogP contribution in [0.2, 0.25) is 0 Å². The van der Waals surface area contributed by atoms with Crippen LogP contribution in [0.5, 0.6) is 0 Å². The highest BCUT2D eigenvalue weighted by molar-refractivity contribution is 5.99. The van der Waals surface area contributed by atoms with Crippen LogP contribution in [-0.2, 0) is 10.2 Å². The molecule has 7 nitrogen and oxygen atoms in total. The number of alkyl halides is 2. The molecule has 2 amide bonds. The number of hydrogen-bond donors (Lipinski definition) is 0. The average Bonchev–Trinajstić information content (AvgIpc) is 3.18. The van der Waals surface area contributed by atoms with Crippen molar-refractivity contribution in [2.75, 3.05) is 13.1 Å². The van der Waals surface area contributed by atoms with Crippen LogP contribution >= 0.6 is 0 Å². The molecule has 0 N–H and O–H groups in total. The van der Waals surface area contributed by atoms with Crippen LogP contribution in [0.15, 0.2) is 36.5 Å². The lowest BCUT2D eigenvalue weighted by molar-refractivity contribution is -0.162. The predicted octanol–water partition coefficient (Wildman–Crippen LogP) is 4.12. The molecule has 0 radical (unpaired) electrons. The summed E-state index contributed by atoms with van der Waals surface area (Å²) in [5, 5.41) is 4.57. The molecular formula is C24H26F3N5O2. The summed E-state index contributed by atoms with van der Waals surface area (Å²) in [6, 6.07) is 7.79.